The van der Waals surface area contributed by atoms with Gasteiger partial charge in [-0.25, -0.2) is 36.0 Å². The third-order valence-corrected chi connectivity index (χ3v) is 10.5. The number of alkyl halides is 5. The number of aromatic nitrogens is 3. The highest BCUT2D eigenvalue weighted by atomic mass is 35.5. The summed E-state index contributed by atoms with van der Waals surface area (Å²) in [5, 5.41) is 5.57. The third kappa shape index (κ3) is 10.0. The molecule has 0 unspecified atom stereocenters. The number of hydrogen-bond donors (Lipinski definition) is 2. The number of ether oxygens (including phenoxy) is 1. The molecule has 0 spiro atoms. The van der Waals surface area contributed by atoms with Gasteiger partial charge < -0.3 is 15.8 Å². The van der Waals surface area contributed by atoms with Gasteiger partial charge in [0, 0.05) is 23.9 Å². The number of alkyl carbamates (subject to hydrolysis) is 1. The molecule has 2 amide bonds. The topological polar surface area (TPSA) is 162 Å². The van der Waals surface area contributed by atoms with Crippen molar-refractivity contribution in [2.45, 2.75) is 69.1 Å². The predicted molar refractivity (Wildman–Crippen MR) is 198 cm³/mol. The van der Waals surface area contributed by atoms with Crippen molar-refractivity contribution < 1.29 is 49.1 Å². The van der Waals surface area contributed by atoms with E-state index < -0.39 is 83.1 Å². The molecule has 1 aliphatic rings. The molecule has 3 aromatic carbocycles. The highest BCUT2D eigenvalue weighted by molar-refractivity contribution is 7.90. The predicted octanol–water partition coefficient (Wildman–Crippen LogP) is 7.82. The zero-order valence-electron chi connectivity index (χ0n) is 30.9. The van der Waals surface area contributed by atoms with E-state index in [0.717, 1.165) is 28.2 Å². The van der Waals surface area contributed by atoms with Crippen molar-refractivity contribution in [1.29, 1.82) is 0 Å². The number of carbonyl (C=O) groups is 2. The number of amides is 2. The Labute approximate surface area is 329 Å². The van der Waals surface area contributed by atoms with Crippen molar-refractivity contribution in [3.63, 3.8) is 0 Å². The zero-order valence-corrected chi connectivity index (χ0v) is 32.5. The first kappa shape index (κ1) is 43.0. The number of carbonyl (C=O) groups excluding carboxylic acids is 2. The summed E-state index contributed by atoms with van der Waals surface area (Å²) in [4.78, 5) is 36.2. The first-order valence-electron chi connectivity index (χ1n) is 17.2. The summed E-state index contributed by atoms with van der Waals surface area (Å²) in [6, 6.07) is 11.1. The summed E-state index contributed by atoms with van der Waals surface area (Å²) in [6.45, 7) is 4.96. The Morgan fingerprint density at radius 1 is 1.09 bits per heavy atom. The Hall–Kier alpha value is -5.17. The molecule has 0 aliphatic heterocycles. The fraction of sp³-hybridized carbons (Fsp3) is 0.378. The summed E-state index contributed by atoms with van der Waals surface area (Å²) in [7, 11) is -3.65. The van der Waals surface area contributed by atoms with E-state index in [1.807, 2.05) is 26.1 Å². The van der Waals surface area contributed by atoms with Crippen LogP contribution in [0.15, 0.2) is 76.9 Å². The van der Waals surface area contributed by atoms with E-state index in [-0.39, 0.29) is 49.8 Å². The molecular weight excluding hydrogens is 804 g/mol. The van der Waals surface area contributed by atoms with Crippen molar-refractivity contribution in [2.75, 3.05) is 19.4 Å². The maximum Gasteiger partial charge on any atom is 0.411 e. The fourth-order valence-corrected chi connectivity index (χ4v) is 6.56. The largest absolute Gasteiger partial charge is 0.447 e. The van der Waals surface area contributed by atoms with Crippen molar-refractivity contribution in [2.24, 2.45) is 16.1 Å². The number of nitrogens with one attached hydrogen (secondary N) is 1. The second kappa shape index (κ2) is 16.4. The van der Waals surface area contributed by atoms with E-state index in [2.05, 4.69) is 15.1 Å². The van der Waals surface area contributed by atoms with Crippen molar-refractivity contribution in [3.05, 3.63) is 94.8 Å². The summed E-state index contributed by atoms with van der Waals surface area (Å²) >= 11 is 6.41. The summed E-state index contributed by atoms with van der Waals surface area (Å²) in [6.07, 6.45) is -7.85. The van der Waals surface area contributed by atoms with Gasteiger partial charge in [0.15, 0.2) is 21.6 Å². The molecule has 0 radical (unpaired) electrons. The molecule has 0 bridgehead atoms. The number of nitrogens with zero attached hydrogens (tertiary/aromatic N) is 5. The SMILES string of the molecule is CC(C)(C)CCN=C(N)N(C(=O)c1ccc(-c2cccc(S(C)(=O)=O)c2)c(F)c1)[C@H](COC(=O)NC1(C(F)(F)F)CC1)c1ccc(Cl)c(-n2ncnc2C(F)F)c1. The third-order valence-electron chi connectivity index (χ3n) is 9.06. The quantitative estimate of drug-likeness (QED) is 0.0829. The van der Waals surface area contributed by atoms with Gasteiger partial charge in [-0.15, -0.1) is 0 Å². The number of rotatable bonds is 12. The monoisotopic (exact) mass is 841 g/mol. The van der Waals surface area contributed by atoms with Crippen LogP contribution in [0.5, 0.6) is 0 Å². The molecule has 1 aromatic heterocycles. The van der Waals surface area contributed by atoms with E-state index in [0.29, 0.717) is 6.42 Å². The summed E-state index contributed by atoms with van der Waals surface area (Å²) < 4.78 is 115. The van der Waals surface area contributed by atoms with Crippen molar-refractivity contribution in [3.8, 4) is 16.8 Å². The first-order chi connectivity index (χ1) is 26.5. The molecule has 57 heavy (non-hydrogen) atoms. The van der Waals surface area contributed by atoms with E-state index >= 15 is 4.39 Å². The molecule has 1 fully saturated rings. The second-order valence-corrected chi connectivity index (χ2v) is 17.0. The highest BCUT2D eigenvalue weighted by Gasteiger charge is 2.64. The molecule has 1 aliphatic carbocycles. The Morgan fingerprint density at radius 3 is 2.39 bits per heavy atom. The van der Waals surface area contributed by atoms with Gasteiger partial charge in [0.05, 0.1) is 21.6 Å². The number of nitrogens with two attached hydrogens (primary N) is 1. The number of benzene rings is 3. The van der Waals surface area contributed by atoms with Crippen LogP contribution < -0.4 is 11.1 Å². The number of aliphatic imine (C=N–C) groups is 1. The van der Waals surface area contributed by atoms with Gasteiger partial charge in [-0.3, -0.25) is 14.7 Å². The van der Waals surface area contributed by atoms with Crippen LogP contribution in [-0.4, -0.2) is 77.2 Å². The lowest BCUT2D eigenvalue weighted by atomic mass is 9.92. The van der Waals surface area contributed by atoms with Crippen LogP contribution in [0.25, 0.3) is 16.8 Å². The number of hydrogen-bond acceptors (Lipinski definition) is 8. The van der Waals surface area contributed by atoms with Crippen LogP contribution >= 0.6 is 11.6 Å². The maximum absolute atomic E-state index is 15.9. The molecule has 4 aromatic rings. The van der Waals surface area contributed by atoms with Crippen molar-refractivity contribution >= 4 is 39.4 Å². The van der Waals surface area contributed by atoms with Crippen LogP contribution in [0.1, 0.15) is 74.2 Å². The lowest BCUT2D eigenvalue weighted by Crippen LogP contribution is -2.49. The average molecular weight is 842 g/mol. The van der Waals surface area contributed by atoms with Crippen LogP contribution in [0, 0.1) is 11.2 Å². The van der Waals surface area contributed by atoms with Gasteiger partial charge in [0.25, 0.3) is 12.3 Å². The van der Waals surface area contributed by atoms with E-state index in [9.17, 15) is 40.0 Å². The van der Waals surface area contributed by atoms with Gasteiger partial charge in [0.1, 0.15) is 24.3 Å². The lowest BCUT2D eigenvalue weighted by molar-refractivity contribution is -0.164. The Balaban J connectivity index is 1.62. The standard InChI is InChI=1S/C37H38ClF6N7O5S/c1-35(2,3)14-15-46-33(45)50(32(52)23-8-10-25(27(39)17-23)21-6-5-7-24(16-21)57(4,54)55)29(19-56-34(53)49-36(12-13-36)37(42,43)44)22-9-11-26(38)28(18-22)51-31(30(40)41)47-20-48-51/h5-11,16-18,20,29-30H,12-15,19H2,1-4H3,(H2,45,46)(H,49,53)/t29-/m1/s1. The number of halogens is 7. The molecular formula is C37H38ClF6N7O5S. The van der Waals surface area contributed by atoms with Gasteiger partial charge in [-0.05, 0) is 72.2 Å². The number of sulfone groups is 1. The van der Waals surface area contributed by atoms with Gasteiger partial charge in [-0.1, -0.05) is 56.6 Å². The molecule has 5 rings (SSSR count). The van der Waals surface area contributed by atoms with Crippen LogP contribution in [0.3, 0.4) is 0 Å². The molecule has 3 N–H and O–H groups in total. The Morgan fingerprint density at radius 2 is 1.79 bits per heavy atom. The van der Waals surface area contributed by atoms with E-state index in [1.54, 1.807) is 0 Å². The normalized spacial score (nSPS) is 15.0. The fourth-order valence-electron chi connectivity index (χ4n) is 5.70. The summed E-state index contributed by atoms with van der Waals surface area (Å²) in [5.74, 6) is -3.22. The maximum atomic E-state index is 15.9. The molecule has 0 saturated heterocycles. The first-order valence-corrected chi connectivity index (χ1v) is 19.5. The van der Waals surface area contributed by atoms with Crippen LogP contribution in [-0.2, 0) is 14.6 Å². The molecule has 12 nitrogen and oxygen atoms in total. The van der Waals surface area contributed by atoms with Gasteiger partial charge >= 0.3 is 12.3 Å². The highest BCUT2D eigenvalue weighted by Crippen LogP contribution is 2.49. The minimum Gasteiger partial charge on any atom is -0.447 e. The second-order valence-electron chi connectivity index (χ2n) is 14.6. The average Bonchev–Trinajstić information content (AvgIpc) is 3.74. The van der Waals surface area contributed by atoms with Crippen molar-refractivity contribution in [1.82, 2.24) is 25.0 Å². The molecule has 306 valence electrons. The Bertz CT molecular complexity index is 2290. The smallest absolute Gasteiger partial charge is 0.411 e. The van der Waals surface area contributed by atoms with E-state index in [1.165, 1.54) is 54.6 Å². The zero-order chi connectivity index (χ0) is 42.1. The van der Waals surface area contributed by atoms with Crippen LogP contribution in [0.2, 0.25) is 5.02 Å². The van der Waals surface area contributed by atoms with Gasteiger partial charge in [-0.2, -0.15) is 18.3 Å². The molecule has 1 heterocycles. The Kier molecular flexibility index (Phi) is 12.3. The minimum atomic E-state index is -4.79. The van der Waals surface area contributed by atoms with Gasteiger partial charge in [0.2, 0.25) is 0 Å². The molecule has 1 saturated carbocycles. The lowest BCUT2D eigenvalue weighted by Gasteiger charge is -2.32. The molecule has 20 heteroatoms. The van der Waals surface area contributed by atoms with Crippen LogP contribution in [0.4, 0.5) is 31.1 Å². The summed E-state index contributed by atoms with van der Waals surface area (Å²) in [5.41, 5.74) is 3.38. The minimum absolute atomic E-state index is 0.00637. The van der Waals surface area contributed by atoms with E-state index in [4.69, 9.17) is 22.1 Å². The molecule has 1 atom stereocenters. The number of guanidine groups is 1.